The van der Waals surface area contributed by atoms with Crippen molar-refractivity contribution in [2.45, 2.75) is 217 Å². The summed E-state index contributed by atoms with van der Waals surface area (Å²) in [5.41, 5.74) is 0. The molecule has 0 amide bonds. The normalized spacial score (nSPS) is 23.3. The maximum Gasteiger partial charge on any atom is 0.472 e. The van der Waals surface area contributed by atoms with Crippen LogP contribution in [0.2, 0.25) is 0 Å². The van der Waals surface area contributed by atoms with Gasteiger partial charge < -0.3 is 39.9 Å². The van der Waals surface area contributed by atoms with E-state index in [-0.39, 0.29) is 12.8 Å². The van der Waals surface area contributed by atoms with E-state index >= 15 is 0 Å². The maximum atomic E-state index is 12.7. The zero-order valence-corrected chi connectivity index (χ0v) is 34.2. The van der Waals surface area contributed by atoms with E-state index in [2.05, 4.69) is 26.0 Å². The number of phosphoric acid groups is 1. The predicted octanol–water partition coefficient (Wildman–Crippen LogP) is 7.11. The lowest BCUT2D eigenvalue weighted by molar-refractivity contribution is -0.220. The Labute approximate surface area is 324 Å². The summed E-state index contributed by atoms with van der Waals surface area (Å²) in [6.45, 7) is 3.23. The Bertz CT molecular complexity index is 1010. The highest BCUT2D eigenvalue weighted by Crippen LogP contribution is 2.47. The number of rotatable bonds is 34. The van der Waals surface area contributed by atoms with Crippen LogP contribution in [-0.4, -0.2) is 98.3 Å². The van der Waals surface area contributed by atoms with E-state index in [9.17, 15) is 44.6 Å². The standard InChI is InChI=1S/C40H75O13P/c1-3-5-7-9-11-13-14-15-16-17-18-19-20-21-23-24-26-28-33(41)50-30-32(52-34(42)29-27-25-22-12-10-8-6-4-2)31-51-54(48,49)53-40-38(46)36(44)35(43)37(45)39(40)47/h15-16,32,35-40,43-47H,3-14,17-31H2,1-2H3,(H,48,49)/b16-15+/t32-,35?,36-,37?,38?,39?,40?/m0/s1. The van der Waals surface area contributed by atoms with Crippen molar-refractivity contribution in [3.05, 3.63) is 12.2 Å². The van der Waals surface area contributed by atoms with Crippen molar-refractivity contribution in [2.24, 2.45) is 0 Å². The Morgan fingerprint density at radius 2 is 0.944 bits per heavy atom. The smallest absolute Gasteiger partial charge is 0.462 e. The third kappa shape index (κ3) is 24.3. The first kappa shape index (κ1) is 50.6. The number of hydrogen-bond donors (Lipinski definition) is 6. The Kier molecular flexibility index (Phi) is 29.7. The second-order valence-electron chi connectivity index (χ2n) is 14.8. The topological polar surface area (TPSA) is 210 Å². The van der Waals surface area contributed by atoms with Crippen LogP contribution in [0.1, 0.15) is 174 Å². The molecule has 6 N–H and O–H groups in total. The quantitative estimate of drug-likeness (QED) is 0.0166. The van der Waals surface area contributed by atoms with Gasteiger partial charge in [-0.3, -0.25) is 18.6 Å². The fraction of sp³-hybridized carbons (Fsp3) is 0.900. The van der Waals surface area contributed by atoms with Crippen molar-refractivity contribution in [3.63, 3.8) is 0 Å². The Hall–Kier alpha value is -1.41. The molecule has 1 saturated carbocycles. The van der Waals surface area contributed by atoms with E-state index in [0.29, 0.717) is 12.8 Å². The first-order valence-corrected chi connectivity index (χ1v) is 22.5. The predicted molar refractivity (Wildman–Crippen MR) is 207 cm³/mol. The summed E-state index contributed by atoms with van der Waals surface area (Å²) in [6, 6.07) is 0. The van der Waals surface area contributed by atoms with Crippen LogP contribution in [0.4, 0.5) is 0 Å². The number of carbonyl (C=O) groups excluding carboxylic acids is 2. The van der Waals surface area contributed by atoms with Crippen molar-refractivity contribution in [2.75, 3.05) is 13.2 Å². The maximum absolute atomic E-state index is 12.7. The fourth-order valence-corrected chi connectivity index (χ4v) is 7.37. The minimum absolute atomic E-state index is 0.0984. The summed E-state index contributed by atoms with van der Waals surface area (Å²) in [5, 5.41) is 49.9. The average molecular weight is 795 g/mol. The Balaban J connectivity index is 2.44. The Morgan fingerprint density at radius 1 is 0.556 bits per heavy atom. The van der Waals surface area contributed by atoms with Crippen molar-refractivity contribution < 1.29 is 63.1 Å². The van der Waals surface area contributed by atoms with Gasteiger partial charge in [-0.1, -0.05) is 135 Å². The zero-order chi connectivity index (χ0) is 40.0. The molecule has 0 aromatic rings. The summed E-state index contributed by atoms with van der Waals surface area (Å²) in [4.78, 5) is 35.4. The molecule has 54 heavy (non-hydrogen) atoms. The number of hydrogen-bond acceptors (Lipinski definition) is 12. The third-order valence-electron chi connectivity index (χ3n) is 9.86. The Morgan fingerprint density at radius 3 is 1.41 bits per heavy atom. The molecule has 13 nitrogen and oxygen atoms in total. The molecule has 0 radical (unpaired) electrons. The highest BCUT2D eigenvalue weighted by molar-refractivity contribution is 7.47. The van der Waals surface area contributed by atoms with Crippen molar-refractivity contribution in [3.8, 4) is 0 Å². The summed E-state index contributed by atoms with van der Waals surface area (Å²) in [6.07, 6.45) is 17.3. The molecule has 0 aromatic carbocycles. The number of aliphatic hydroxyl groups excluding tert-OH is 5. The van der Waals surface area contributed by atoms with Gasteiger partial charge in [0.05, 0.1) is 6.61 Å². The van der Waals surface area contributed by atoms with Crippen LogP contribution in [0.15, 0.2) is 12.2 Å². The molecule has 0 aliphatic heterocycles. The van der Waals surface area contributed by atoms with E-state index in [0.717, 1.165) is 57.8 Å². The number of phosphoric ester groups is 1. The van der Waals surface area contributed by atoms with Gasteiger partial charge in [-0.25, -0.2) is 4.57 Å². The van der Waals surface area contributed by atoms with Crippen LogP contribution in [0.5, 0.6) is 0 Å². The van der Waals surface area contributed by atoms with E-state index < -0.39 is 75.7 Å². The molecule has 6 unspecified atom stereocenters. The van der Waals surface area contributed by atoms with Crippen molar-refractivity contribution in [1.82, 2.24) is 0 Å². The average Bonchev–Trinajstić information content (AvgIpc) is 3.15. The molecule has 1 aliphatic rings. The van der Waals surface area contributed by atoms with Crippen LogP contribution in [-0.2, 0) is 32.7 Å². The second-order valence-corrected chi connectivity index (χ2v) is 16.3. The molecule has 0 bridgehead atoms. The molecule has 0 heterocycles. The summed E-state index contributed by atoms with van der Waals surface area (Å²) in [5.74, 6) is -1.10. The summed E-state index contributed by atoms with van der Waals surface area (Å²) >= 11 is 0. The molecular weight excluding hydrogens is 719 g/mol. The first-order valence-electron chi connectivity index (χ1n) is 21.0. The second kappa shape index (κ2) is 31.6. The SMILES string of the molecule is CCCCCCCC/C=C/CCCCCCCCCC(=O)OC[C@@H](COP(=O)(O)OC1C(O)C(O)C(O)[C@H](O)C1O)OC(=O)CCCCCCCCCC. The van der Waals surface area contributed by atoms with Crippen LogP contribution < -0.4 is 0 Å². The lowest BCUT2D eigenvalue weighted by Gasteiger charge is -2.41. The summed E-state index contributed by atoms with van der Waals surface area (Å²) < 4.78 is 33.3. The van der Waals surface area contributed by atoms with Crippen LogP contribution in [0, 0.1) is 0 Å². The molecule has 1 rings (SSSR count). The molecule has 8 atom stereocenters. The van der Waals surface area contributed by atoms with Gasteiger partial charge >= 0.3 is 19.8 Å². The molecule has 0 aromatic heterocycles. The van der Waals surface area contributed by atoms with Gasteiger partial charge in [0.2, 0.25) is 0 Å². The van der Waals surface area contributed by atoms with Gasteiger partial charge in [0.25, 0.3) is 0 Å². The molecule has 0 spiro atoms. The van der Waals surface area contributed by atoms with Crippen LogP contribution in [0.3, 0.4) is 0 Å². The highest BCUT2D eigenvalue weighted by Gasteiger charge is 2.51. The number of esters is 2. The lowest BCUT2D eigenvalue weighted by atomic mass is 9.85. The number of unbranched alkanes of at least 4 members (excludes halogenated alkanes) is 20. The van der Waals surface area contributed by atoms with E-state index in [4.69, 9.17) is 18.5 Å². The van der Waals surface area contributed by atoms with Gasteiger partial charge in [-0.15, -0.1) is 0 Å². The van der Waals surface area contributed by atoms with Crippen LogP contribution in [0.25, 0.3) is 0 Å². The van der Waals surface area contributed by atoms with Crippen LogP contribution >= 0.6 is 7.82 Å². The molecule has 1 aliphatic carbocycles. The van der Waals surface area contributed by atoms with E-state index in [1.54, 1.807) is 0 Å². The van der Waals surface area contributed by atoms with Crippen molar-refractivity contribution >= 4 is 19.8 Å². The van der Waals surface area contributed by atoms with Gasteiger partial charge in [0.15, 0.2) is 6.10 Å². The van der Waals surface area contributed by atoms with Gasteiger partial charge in [0, 0.05) is 12.8 Å². The van der Waals surface area contributed by atoms with Gasteiger partial charge in [-0.2, -0.15) is 0 Å². The van der Waals surface area contributed by atoms with E-state index in [1.165, 1.54) is 77.0 Å². The molecule has 14 heteroatoms. The minimum Gasteiger partial charge on any atom is -0.462 e. The van der Waals surface area contributed by atoms with Gasteiger partial charge in [0.1, 0.15) is 43.2 Å². The molecular formula is C40H75O13P. The van der Waals surface area contributed by atoms with Crippen molar-refractivity contribution in [1.29, 1.82) is 0 Å². The number of ether oxygens (including phenoxy) is 2. The minimum atomic E-state index is -5.10. The first-order chi connectivity index (χ1) is 25.9. The monoisotopic (exact) mass is 794 g/mol. The molecule has 1 fully saturated rings. The van der Waals surface area contributed by atoms with E-state index in [1.807, 2.05) is 0 Å². The lowest BCUT2D eigenvalue weighted by Crippen LogP contribution is -2.64. The number of allylic oxidation sites excluding steroid dienone is 2. The molecule has 318 valence electrons. The van der Waals surface area contributed by atoms with Gasteiger partial charge in [-0.05, 0) is 38.5 Å². The zero-order valence-electron chi connectivity index (χ0n) is 33.3. The summed E-state index contributed by atoms with van der Waals surface area (Å²) in [7, 11) is -5.10. The third-order valence-corrected chi connectivity index (χ3v) is 10.8. The molecule has 0 saturated heterocycles. The highest BCUT2D eigenvalue weighted by atomic mass is 31.2. The fourth-order valence-electron chi connectivity index (χ4n) is 6.40. The number of aliphatic hydroxyl groups is 5. The largest absolute Gasteiger partial charge is 0.472 e. The number of carbonyl (C=O) groups is 2.